The van der Waals surface area contributed by atoms with Gasteiger partial charge in [0.1, 0.15) is 5.69 Å². The summed E-state index contributed by atoms with van der Waals surface area (Å²) in [5, 5.41) is 3.83. The molecule has 0 bridgehead atoms. The van der Waals surface area contributed by atoms with Gasteiger partial charge in [-0.25, -0.2) is 0 Å². The molecule has 0 spiro atoms. The second kappa shape index (κ2) is 4.20. The van der Waals surface area contributed by atoms with Crippen LogP contribution in [0, 0.1) is 6.92 Å². The highest BCUT2D eigenvalue weighted by atomic mass is 79.9. The van der Waals surface area contributed by atoms with Gasteiger partial charge in [-0.05, 0) is 30.6 Å². The van der Waals surface area contributed by atoms with E-state index in [2.05, 4.69) is 25.5 Å². The van der Waals surface area contributed by atoms with Crippen molar-refractivity contribution >= 4 is 33.2 Å². The minimum absolute atomic E-state index is 0.0810. The summed E-state index contributed by atoms with van der Waals surface area (Å²) in [6.07, 6.45) is 0. The van der Waals surface area contributed by atoms with Gasteiger partial charge in [0.05, 0.1) is 4.88 Å². The molecule has 0 atom stereocenters. The van der Waals surface area contributed by atoms with Crippen molar-refractivity contribution in [2.75, 3.05) is 0 Å². The molecule has 0 amide bonds. The Morgan fingerprint density at radius 1 is 1.47 bits per heavy atom. The normalized spacial score (nSPS) is 10.3. The molecule has 15 heavy (non-hydrogen) atoms. The molecule has 0 saturated carbocycles. The molecular formula is C10H7BrN2OS. The molecule has 0 aliphatic rings. The molecule has 0 radical (unpaired) electrons. The zero-order valence-corrected chi connectivity index (χ0v) is 10.3. The van der Waals surface area contributed by atoms with Crippen LogP contribution in [0.2, 0.25) is 0 Å². The number of rotatable bonds is 2. The first kappa shape index (κ1) is 10.4. The lowest BCUT2D eigenvalue weighted by Gasteiger charge is -1.98. The Morgan fingerprint density at radius 3 is 2.87 bits per heavy atom. The van der Waals surface area contributed by atoms with E-state index < -0.39 is 0 Å². The largest absolute Gasteiger partial charge is 0.287 e. The van der Waals surface area contributed by atoms with Gasteiger partial charge in [-0.15, -0.1) is 5.10 Å². The number of aromatic nitrogens is 2. The van der Waals surface area contributed by atoms with Gasteiger partial charge in [0.15, 0.2) is 0 Å². The lowest BCUT2D eigenvalue weighted by molar-refractivity contribution is 0.103. The van der Waals surface area contributed by atoms with E-state index in [9.17, 15) is 4.79 Å². The number of benzene rings is 1. The minimum Gasteiger partial charge on any atom is -0.287 e. The number of aryl methyl sites for hydroxylation is 1. The maximum absolute atomic E-state index is 12.0. The Bertz CT molecular complexity index is 510. The topological polar surface area (TPSA) is 42.9 Å². The first-order chi connectivity index (χ1) is 7.18. The lowest BCUT2D eigenvalue weighted by atomic mass is 10.1. The fourth-order valence-corrected chi connectivity index (χ4v) is 2.07. The van der Waals surface area contributed by atoms with Crippen molar-refractivity contribution in [3.63, 3.8) is 0 Å². The second-order valence-electron chi connectivity index (χ2n) is 3.02. The highest BCUT2D eigenvalue weighted by Gasteiger charge is 2.15. The molecule has 76 valence electrons. The Kier molecular flexibility index (Phi) is 2.93. The van der Waals surface area contributed by atoms with Crippen molar-refractivity contribution in [2.24, 2.45) is 0 Å². The maximum atomic E-state index is 12.0. The molecule has 1 aromatic carbocycles. The number of halogens is 1. The SMILES string of the molecule is Cc1snnc1C(=O)c1cccc(Br)c1. The summed E-state index contributed by atoms with van der Waals surface area (Å²) in [6, 6.07) is 7.25. The van der Waals surface area contributed by atoms with Crippen molar-refractivity contribution < 1.29 is 4.79 Å². The summed E-state index contributed by atoms with van der Waals surface area (Å²) in [6.45, 7) is 1.84. The van der Waals surface area contributed by atoms with Crippen LogP contribution in [0.25, 0.3) is 0 Å². The van der Waals surface area contributed by atoms with Crippen LogP contribution in [0.15, 0.2) is 28.7 Å². The molecule has 0 aliphatic carbocycles. The van der Waals surface area contributed by atoms with Crippen LogP contribution in [0.1, 0.15) is 20.9 Å². The molecule has 0 aliphatic heterocycles. The number of hydrogen-bond acceptors (Lipinski definition) is 4. The van der Waals surface area contributed by atoms with E-state index in [1.54, 1.807) is 12.1 Å². The van der Waals surface area contributed by atoms with Crippen LogP contribution in [-0.4, -0.2) is 15.4 Å². The third kappa shape index (κ3) is 2.13. The van der Waals surface area contributed by atoms with Crippen LogP contribution >= 0.6 is 27.5 Å². The monoisotopic (exact) mass is 282 g/mol. The molecule has 0 N–H and O–H groups in total. The molecule has 5 heteroatoms. The number of nitrogens with zero attached hydrogens (tertiary/aromatic N) is 2. The fourth-order valence-electron chi connectivity index (χ4n) is 1.21. The van der Waals surface area contributed by atoms with Crippen LogP contribution in [0.4, 0.5) is 0 Å². The third-order valence-electron chi connectivity index (χ3n) is 1.95. The molecule has 3 nitrogen and oxygen atoms in total. The fraction of sp³-hybridized carbons (Fsp3) is 0.100. The van der Waals surface area contributed by atoms with Gasteiger partial charge >= 0.3 is 0 Å². The predicted molar refractivity (Wildman–Crippen MR) is 62.2 cm³/mol. The van der Waals surface area contributed by atoms with Crippen molar-refractivity contribution in [2.45, 2.75) is 6.92 Å². The number of carbonyl (C=O) groups is 1. The summed E-state index contributed by atoms with van der Waals surface area (Å²) in [4.78, 5) is 12.8. The van der Waals surface area contributed by atoms with Gasteiger partial charge in [0, 0.05) is 10.0 Å². The van der Waals surface area contributed by atoms with E-state index in [0.717, 1.165) is 9.35 Å². The second-order valence-corrected chi connectivity index (χ2v) is 4.89. The van der Waals surface area contributed by atoms with Crippen molar-refractivity contribution in [1.29, 1.82) is 0 Å². The highest BCUT2D eigenvalue weighted by molar-refractivity contribution is 9.10. The van der Waals surface area contributed by atoms with E-state index in [1.165, 1.54) is 11.5 Å². The van der Waals surface area contributed by atoms with E-state index >= 15 is 0 Å². The average molecular weight is 283 g/mol. The molecular weight excluding hydrogens is 276 g/mol. The Labute approximate surface area is 99.4 Å². The van der Waals surface area contributed by atoms with E-state index in [0.29, 0.717) is 11.3 Å². The predicted octanol–water partition coefficient (Wildman–Crippen LogP) is 2.84. The molecule has 0 unspecified atom stereocenters. The van der Waals surface area contributed by atoms with Gasteiger partial charge in [0.2, 0.25) is 5.78 Å². The van der Waals surface area contributed by atoms with E-state index in [4.69, 9.17) is 0 Å². The zero-order chi connectivity index (χ0) is 10.8. The number of hydrogen-bond donors (Lipinski definition) is 0. The van der Waals surface area contributed by atoms with Crippen molar-refractivity contribution in [3.05, 3.63) is 44.9 Å². The van der Waals surface area contributed by atoms with E-state index in [-0.39, 0.29) is 5.78 Å². The molecule has 1 aromatic heterocycles. The quantitative estimate of drug-likeness (QED) is 0.796. The molecule has 0 fully saturated rings. The van der Waals surface area contributed by atoms with Crippen LogP contribution in [0.3, 0.4) is 0 Å². The smallest absolute Gasteiger partial charge is 0.214 e. The van der Waals surface area contributed by atoms with Gasteiger partial charge in [-0.2, -0.15) is 0 Å². The first-order valence-corrected chi connectivity index (χ1v) is 5.84. The average Bonchev–Trinajstić information content (AvgIpc) is 2.63. The van der Waals surface area contributed by atoms with Crippen LogP contribution in [0.5, 0.6) is 0 Å². The highest BCUT2D eigenvalue weighted by Crippen LogP contribution is 2.17. The van der Waals surface area contributed by atoms with Crippen molar-refractivity contribution in [1.82, 2.24) is 9.59 Å². The summed E-state index contributed by atoms with van der Waals surface area (Å²) in [5.74, 6) is -0.0810. The molecule has 0 saturated heterocycles. The summed E-state index contributed by atoms with van der Waals surface area (Å²) in [5.41, 5.74) is 1.07. The van der Waals surface area contributed by atoms with Crippen molar-refractivity contribution in [3.8, 4) is 0 Å². The molecule has 1 heterocycles. The maximum Gasteiger partial charge on any atom is 0.214 e. The zero-order valence-electron chi connectivity index (χ0n) is 7.90. The Morgan fingerprint density at radius 2 is 2.27 bits per heavy atom. The van der Waals surface area contributed by atoms with Gasteiger partial charge in [0.25, 0.3) is 0 Å². The third-order valence-corrected chi connectivity index (χ3v) is 3.08. The van der Waals surface area contributed by atoms with Crippen LogP contribution < -0.4 is 0 Å². The van der Waals surface area contributed by atoms with E-state index in [1.807, 2.05) is 19.1 Å². The van der Waals surface area contributed by atoms with Gasteiger partial charge < -0.3 is 0 Å². The summed E-state index contributed by atoms with van der Waals surface area (Å²) >= 11 is 4.56. The first-order valence-electron chi connectivity index (χ1n) is 4.27. The number of ketones is 1. The molecule has 2 rings (SSSR count). The Hall–Kier alpha value is -1.07. The molecule has 2 aromatic rings. The number of carbonyl (C=O) groups excluding carboxylic acids is 1. The standard InChI is InChI=1S/C10H7BrN2OS/c1-6-9(12-13-15-6)10(14)7-3-2-4-8(11)5-7/h2-5H,1H3. The summed E-state index contributed by atoms with van der Waals surface area (Å²) < 4.78 is 4.63. The van der Waals surface area contributed by atoms with Gasteiger partial charge in [-0.1, -0.05) is 32.6 Å². The Balaban J connectivity index is 2.41. The summed E-state index contributed by atoms with van der Waals surface area (Å²) in [7, 11) is 0. The van der Waals surface area contributed by atoms with Gasteiger partial charge in [-0.3, -0.25) is 4.79 Å². The minimum atomic E-state index is -0.0810. The van der Waals surface area contributed by atoms with Crippen LogP contribution in [-0.2, 0) is 0 Å². The lowest BCUT2D eigenvalue weighted by Crippen LogP contribution is -2.03.